The van der Waals surface area contributed by atoms with Crippen LogP contribution >= 0.6 is 0 Å². The summed E-state index contributed by atoms with van der Waals surface area (Å²) in [6, 6.07) is 3.80. The molecular weight excluding hydrogens is 292 g/mol. The van der Waals surface area contributed by atoms with Gasteiger partial charge in [-0.1, -0.05) is 0 Å². The number of rotatable bonds is 4. The molecule has 0 saturated carbocycles. The van der Waals surface area contributed by atoms with Gasteiger partial charge in [0.2, 0.25) is 5.91 Å². The van der Waals surface area contributed by atoms with E-state index in [0.717, 1.165) is 6.07 Å². The van der Waals surface area contributed by atoms with Crippen LogP contribution in [0.1, 0.15) is 27.8 Å². The second kappa shape index (κ2) is 5.68. The van der Waals surface area contributed by atoms with E-state index in [1.807, 2.05) is 0 Å². The van der Waals surface area contributed by atoms with E-state index in [4.69, 9.17) is 9.84 Å². The fourth-order valence-corrected chi connectivity index (χ4v) is 2.05. The summed E-state index contributed by atoms with van der Waals surface area (Å²) in [5, 5.41) is 21.0. The maximum Gasteiger partial charge on any atom is 0.354 e. The first-order valence-corrected chi connectivity index (χ1v) is 6.10. The van der Waals surface area contributed by atoms with E-state index in [9.17, 15) is 19.5 Å². The van der Waals surface area contributed by atoms with Crippen LogP contribution < -0.4 is 10.1 Å². The van der Waals surface area contributed by atoms with Crippen LogP contribution in [-0.4, -0.2) is 40.2 Å². The Hall–Kier alpha value is -3.16. The van der Waals surface area contributed by atoms with Crippen molar-refractivity contribution < 1.29 is 29.3 Å². The predicted molar refractivity (Wildman–Crippen MR) is 76.5 cm³/mol. The summed E-state index contributed by atoms with van der Waals surface area (Å²) in [6.45, 7) is 1.31. The number of carbonyl (C=O) groups excluding carboxylic acids is 1. The SMILES string of the molecule is COc1cc(NC(C)=O)cc2nc(C(=O)O)cc(C(=O)O)c12. The number of fused-ring (bicyclic) bond motifs is 1. The molecule has 1 aromatic carbocycles. The molecule has 1 heterocycles. The fraction of sp³-hybridized carbons (Fsp3) is 0.143. The molecular formula is C14H12N2O6. The maximum absolute atomic E-state index is 11.4. The fourth-order valence-electron chi connectivity index (χ4n) is 2.05. The summed E-state index contributed by atoms with van der Waals surface area (Å²) >= 11 is 0. The topological polar surface area (TPSA) is 126 Å². The molecule has 0 aliphatic heterocycles. The summed E-state index contributed by atoms with van der Waals surface area (Å²) in [7, 11) is 1.34. The van der Waals surface area contributed by atoms with Crippen molar-refractivity contribution in [3.8, 4) is 5.75 Å². The summed E-state index contributed by atoms with van der Waals surface area (Å²) in [5.41, 5.74) is -0.232. The molecule has 0 aliphatic rings. The number of nitrogens with one attached hydrogen (secondary N) is 1. The monoisotopic (exact) mass is 304 g/mol. The van der Waals surface area contributed by atoms with Crippen molar-refractivity contribution >= 4 is 34.4 Å². The van der Waals surface area contributed by atoms with Gasteiger partial charge in [0, 0.05) is 18.7 Å². The molecule has 0 atom stereocenters. The van der Waals surface area contributed by atoms with Crippen molar-refractivity contribution in [3.05, 3.63) is 29.5 Å². The quantitative estimate of drug-likeness (QED) is 0.783. The lowest BCUT2D eigenvalue weighted by molar-refractivity contribution is -0.114. The van der Waals surface area contributed by atoms with E-state index in [2.05, 4.69) is 10.3 Å². The van der Waals surface area contributed by atoms with Crippen LogP contribution in [-0.2, 0) is 4.79 Å². The number of hydrogen-bond donors (Lipinski definition) is 3. The lowest BCUT2D eigenvalue weighted by Gasteiger charge is -2.12. The predicted octanol–water partition coefficient (Wildman–Crippen LogP) is 1.60. The van der Waals surface area contributed by atoms with E-state index in [-0.39, 0.29) is 28.1 Å². The van der Waals surface area contributed by atoms with E-state index < -0.39 is 17.6 Å². The molecule has 2 aromatic rings. The van der Waals surface area contributed by atoms with E-state index in [0.29, 0.717) is 5.69 Å². The third kappa shape index (κ3) is 2.80. The molecule has 114 valence electrons. The molecule has 1 amide bonds. The lowest BCUT2D eigenvalue weighted by atomic mass is 10.1. The van der Waals surface area contributed by atoms with Gasteiger partial charge in [0.15, 0.2) is 0 Å². The Labute approximate surface area is 124 Å². The number of ether oxygens (including phenoxy) is 1. The third-order valence-corrected chi connectivity index (χ3v) is 2.86. The minimum atomic E-state index is -1.35. The molecule has 2 rings (SSSR count). The van der Waals surface area contributed by atoms with Crippen LogP contribution in [0.25, 0.3) is 10.9 Å². The van der Waals surface area contributed by atoms with Crippen molar-refractivity contribution in [1.29, 1.82) is 0 Å². The molecule has 0 radical (unpaired) electrons. The Balaban J connectivity index is 2.85. The van der Waals surface area contributed by atoms with E-state index >= 15 is 0 Å². The number of aromatic carboxylic acids is 2. The minimum Gasteiger partial charge on any atom is -0.496 e. The zero-order chi connectivity index (χ0) is 16.4. The van der Waals surface area contributed by atoms with Gasteiger partial charge in [-0.05, 0) is 12.1 Å². The number of nitrogens with zero attached hydrogens (tertiary/aromatic N) is 1. The minimum absolute atomic E-state index is 0.0976. The molecule has 0 fully saturated rings. The van der Waals surface area contributed by atoms with Crippen molar-refractivity contribution in [2.45, 2.75) is 6.92 Å². The van der Waals surface area contributed by atoms with Gasteiger partial charge in [-0.3, -0.25) is 4.79 Å². The van der Waals surface area contributed by atoms with Gasteiger partial charge < -0.3 is 20.3 Å². The van der Waals surface area contributed by atoms with Crippen LogP contribution in [0.4, 0.5) is 5.69 Å². The second-order valence-corrected chi connectivity index (χ2v) is 4.42. The number of amides is 1. The van der Waals surface area contributed by atoms with Crippen LogP contribution in [0.2, 0.25) is 0 Å². The number of benzene rings is 1. The Kier molecular flexibility index (Phi) is 3.93. The second-order valence-electron chi connectivity index (χ2n) is 4.42. The Morgan fingerprint density at radius 1 is 1.14 bits per heavy atom. The van der Waals surface area contributed by atoms with Gasteiger partial charge in [0.05, 0.1) is 23.6 Å². The Morgan fingerprint density at radius 3 is 2.32 bits per heavy atom. The van der Waals surface area contributed by atoms with Crippen molar-refractivity contribution in [2.24, 2.45) is 0 Å². The van der Waals surface area contributed by atoms with Gasteiger partial charge in [-0.25, -0.2) is 14.6 Å². The summed E-state index contributed by atoms with van der Waals surface area (Å²) in [5.74, 6) is -2.83. The molecule has 0 unspecified atom stereocenters. The number of pyridine rings is 1. The number of methoxy groups -OCH3 is 1. The van der Waals surface area contributed by atoms with Crippen LogP contribution in [0.5, 0.6) is 5.75 Å². The van der Waals surface area contributed by atoms with E-state index in [1.54, 1.807) is 0 Å². The highest BCUT2D eigenvalue weighted by Gasteiger charge is 2.19. The molecule has 8 nitrogen and oxygen atoms in total. The summed E-state index contributed by atoms with van der Waals surface area (Å²) in [6.07, 6.45) is 0. The molecule has 1 aromatic heterocycles. The van der Waals surface area contributed by atoms with Gasteiger partial charge >= 0.3 is 11.9 Å². The Bertz CT molecular complexity index is 800. The highest BCUT2D eigenvalue weighted by Crippen LogP contribution is 2.32. The summed E-state index contributed by atoms with van der Waals surface area (Å²) < 4.78 is 5.14. The molecule has 0 bridgehead atoms. The number of hydrogen-bond acceptors (Lipinski definition) is 5. The number of anilines is 1. The number of carbonyl (C=O) groups is 3. The normalized spacial score (nSPS) is 10.3. The van der Waals surface area contributed by atoms with Gasteiger partial charge in [-0.2, -0.15) is 0 Å². The first kappa shape index (κ1) is 15.2. The van der Waals surface area contributed by atoms with Crippen molar-refractivity contribution in [1.82, 2.24) is 4.98 Å². The average Bonchev–Trinajstić information content (AvgIpc) is 2.43. The zero-order valence-electron chi connectivity index (χ0n) is 11.7. The van der Waals surface area contributed by atoms with Crippen LogP contribution in [0.3, 0.4) is 0 Å². The highest BCUT2D eigenvalue weighted by atomic mass is 16.5. The summed E-state index contributed by atoms with van der Waals surface area (Å²) in [4.78, 5) is 37.5. The first-order valence-electron chi connectivity index (χ1n) is 6.10. The zero-order valence-corrected chi connectivity index (χ0v) is 11.7. The molecule has 0 aliphatic carbocycles. The van der Waals surface area contributed by atoms with Crippen molar-refractivity contribution in [2.75, 3.05) is 12.4 Å². The smallest absolute Gasteiger partial charge is 0.354 e. The van der Waals surface area contributed by atoms with Crippen LogP contribution in [0.15, 0.2) is 18.2 Å². The number of carboxylic acids is 2. The number of aromatic nitrogens is 1. The van der Waals surface area contributed by atoms with Crippen LogP contribution in [0, 0.1) is 0 Å². The van der Waals surface area contributed by atoms with Gasteiger partial charge in [-0.15, -0.1) is 0 Å². The first-order chi connectivity index (χ1) is 10.3. The average molecular weight is 304 g/mol. The van der Waals surface area contributed by atoms with Gasteiger partial charge in [0.25, 0.3) is 0 Å². The largest absolute Gasteiger partial charge is 0.496 e. The third-order valence-electron chi connectivity index (χ3n) is 2.86. The molecule has 8 heteroatoms. The molecule has 22 heavy (non-hydrogen) atoms. The molecule has 0 saturated heterocycles. The number of carboxylic acid groups (broad SMARTS) is 2. The molecule has 0 spiro atoms. The standard InChI is InChI=1S/C14H12N2O6/c1-6(17)15-7-3-9-12(11(4-7)22-2)8(13(18)19)5-10(16-9)14(20)21/h3-5H,1-2H3,(H,15,17)(H,18,19)(H,20,21). The molecule has 3 N–H and O–H groups in total. The highest BCUT2D eigenvalue weighted by molar-refractivity contribution is 6.08. The van der Waals surface area contributed by atoms with E-state index in [1.165, 1.54) is 26.2 Å². The maximum atomic E-state index is 11.4. The Morgan fingerprint density at radius 2 is 1.82 bits per heavy atom. The lowest BCUT2D eigenvalue weighted by Crippen LogP contribution is -2.09. The van der Waals surface area contributed by atoms with Crippen molar-refractivity contribution in [3.63, 3.8) is 0 Å². The van der Waals surface area contributed by atoms with Gasteiger partial charge in [0.1, 0.15) is 11.4 Å².